The molecule has 0 unspecified atom stereocenters. The molecule has 3 rings (SSSR count). The van der Waals surface area contributed by atoms with Crippen LogP contribution in [0.2, 0.25) is 0 Å². The highest BCUT2D eigenvalue weighted by molar-refractivity contribution is 7.15. The number of nitrogens with zero attached hydrogens (tertiary/aromatic N) is 4. The van der Waals surface area contributed by atoms with Gasteiger partial charge in [0.15, 0.2) is 0 Å². The number of hydrogen-bond acceptors (Lipinski definition) is 6. The monoisotopic (exact) mass is 303 g/mol. The minimum Gasteiger partial charge on any atom is -0.330 e. The maximum atomic E-state index is 10.7. The van der Waals surface area contributed by atoms with Crippen molar-refractivity contribution in [1.29, 1.82) is 0 Å². The van der Waals surface area contributed by atoms with Crippen LogP contribution in [0.4, 0.5) is 5.69 Å². The van der Waals surface area contributed by atoms with Crippen molar-refractivity contribution in [1.82, 2.24) is 14.6 Å². The summed E-state index contributed by atoms with van der Waals surface area (Å²) in [5.41, 5.74) is 7.47. The average molecular weight is 303 g/mol. The van der Waals surface area contributed by atoms with Crippen molar-refractivity contribution in [3.05, 3.63) is 45.6 Å². The molecule has 0 aliphatic carbocycles. The minimum absolute atomic E-state index is 0.0809. The minimum atomic E-state index is -0.404. The molecule has 0 aliphatic rings. The molecule has 7 nitrogen and oxygen atoms in total. The molecule has 2 N–H and O–H groups in total. The Morgan fingerprint density at radius 3 is 2.71 bits per heavy atom. The summed E-state index contributed by atoms with van der Waals surface area (Å²) in [6.07, 6.45) is 1.60. The fraction of sp³-hybridized carbons (Fsp3) is 0.231. The summed E-state index contributed by atoms with van der Waals surface area (Å²) in [7, 11) is 0. The highest BCUT2D eigenvalue weighted by atomic mass is 32.1. The maximum Gasteiger partial charge on any atom is 0.269 e. The van der Waals surface area contributed by atoms with E-state index >= 15 is 0 Å². The SMILES string of the molecule is NCCCc1nnc2scc(-c3ccc([N+](=O)[O-])cc3)n12. The summed E-state index contributed by atoms with van der Waals surface area (Å²) >= 11 is 1.50. The first kappa shape index (κ1) is 13.7. The van der Waals surface area contributed by atoms with Crippen molar-refractivity contribution in [3.63, 3.8) is 0 Å². The van der Waals surface area contributed by atoms with Gasteiger partial charge in [0.2, 0.25) is 4.96 Å². The molecule has 0 fully saturated rings. The normalized spacial score (nSPS) is 11.1. The number of aromatic nitrogens is 3. The molecule has 0 radical (unpaired) electrons. The Labute approximate surface area is 124 Å². The summed E-state index contributed by atoms with van der Waals surface area (Å²) in [5, 5.41) is 21.0. The number of nitro benzene ring substituents is 1. The van der Waals surface area contributed by atoms with Gasteiger partial charge in [0.1, 0.15) is 5.82 Å². The van der Waals surface area contributed by atoms with E-state index in [0.29, 0.717) is 6.54 Å². The molecule has 0 saturated heterocycles. The molecule has 21 heavy (non-hydrogen) atoms. The molecule has 0 aliphatic heterocycles. The summed E-state index contributed by atoms with van der Waals surface area (Å²) in [6.45, 7) is 0.603. The third kappa shape index (κ3) is 2.50. The van der Waals surface area contributed by atoms with E-state index in [9.17, 15) is 10.1 Å². The first-order chi connectivity index (χ1) is 10.2. The van der Waals surface area contributed by atoms with Crippen LogP contribution in [-0.4, -0.2) is 26.1 Å². The molecule has 0 saturated carbocycles. The van der Waals surface area contributed by atoms with Crippen LogP contribution in [0.3, 0.4) is 0 Å². The van der Waals surface area contributed by atoms with Crippen molar-refractivity contribution in [2.45, 2.75) is 12.8 Å². The number of hydrogen-bond donors (Lipinski definition) is 1. The van der Waals surface area contributed by atoms with Gasteiger partial charge in [0, 0.05) is 23.9 Å². The van der Waals surface area contributed by atoms with Gasteiger partial charge in [-0.3, -0.25) is 14.5 Å². The third-order valence-corrected chi connectivity index (χ3v) is 4.01. The van der Waals surface area contributed by atoms with Crippen molar-refractivity contribution in [3.8, 4) is 11.3 Å². The number of non-ortho nitro benzene ring substituents is 1. The second-order valence-electron chi connectivity index (χ2n) is 4.55. The standard InChI is InChI=1S/C13H13N5O2S/c14-7-1-2-12-15-16-13-17(12)11(8-21-13)9-3-5-10(6-4-9)18(19)20/h3-6,8H,1-2,7,14H2. The lowest BCUT2D eigenvalue weighted by Gasteiger charge is -2.02. The van der Waals surface area contributed by atoms with E-state index in [-0.39, 0.29) is 5.69 Å². The van der Waals surface area contributed by atoms with Gasteiger partial charge in [0.05, 0.1) is 10.6 Å². The summed E-state index contributed by atoms with van der Waals surface area (Å²) in [5.74, 6) is 0.866. The number of aryl methyl sites for hydroxylation is 1. The maximum absolute atomic E-state index is 10.7. The van der Waals surface area contributed by atoms with Crippen LogP contribution in [0.25, 0.3) is 16.2 Å². The zero-order valence-corrected chi connectivity index (χ0v) is 11.9. The number of fused-ring (bicyclic) bond motifs is 1. The van der Waals surface area contributed by atoms with Crippen molar-refractivity contribution >= 4 is 22.0 Å². The largest absolute Gasteiger partial charge is 0.330 e. The van der Waals surface area contributed by atoms with Crippen molar-refractivity contribution in [2.75, 3.05) is 6.54 Å². The third-order valence-electron chi connectivity index (χ3n) is 3.20. The first-order valence-electron chi connectivity index (χ1n) is 6.47. The molecule has 1 aromatic carbocycles. The number of nitrogens with two attached hydrogens (primary N) is 1. The van der Waals surface area contributed by atoms with Crippen LogP contribution in [0.1, 0.15) is 12.2 Å². The number of benzene rings is 1. The molecule has 108 valence electrons. The highest BCUT2D eigenvalue weighted by Crippen LogP contribution is 2.28. The molecule has 0 bridgehead atoms. The first-order valence-corrected chi connectivity index (χ1v) is 7.35. The van der Waals surface area contributed by atoms with Gasteiger partial charge in [-0.05, 0) is 30.7 Å². The van der Waals surface area contributed by atoms with Gasteiger partial charge < -0.3 is 5.73 Å². The van der Waals surface area contributed by atoms with E-state index in [1.165, 1.54) is 23.5 Å². The number of thiazole rings is 1. The van der Waals surface area contributed by atoms with Crippen molar-refractivity contribution in [2.24, 2.45) is 5.73 Å². The Morgan fingerprint density at radius 1 is 1.29 bits per heavy atom. The molecular weight excluding hydrogens is 290 g/mol. The topological polar surface area (TPSA) is 99.3 Å². The predicted molar refractivity (Wildman–Crippen MR) is 80.3 cm³/mol. The molecule has 2 heterocycles. The zero-order valence-electron chi connectivity index (χ0n) is 11.1. The molecule has 0 spiro atoms. The van der Waals surface area contributed by atoms with E-state index in [0.717, 1.165) is 34.9 Å². The molecular formula is C13H13N5O2S. The molecule has 0 amide bonds. The zero-order chi connectivity index (χ0) is 14.8. The second-order valence-corrected chi connectivity index (χ2v) is 5.39. The van der Waals surface area contributed by atoms with Gasteiger partial charge in [-0.2, -0.15) is 0 Å². The van der Waals surface area contributed by atoms with Crippen LogP contribution in [0.5, 0.6) is 0 Å². The van der Waals surface area contributed by atoms with Crippen molar-refractivity contribution < 1.29 is 4.92 Å². The van der Waals surface area contributed by atoms with Crippen LogP contribution in [0.15, 0.2) is 29.6 Å². The van der Waals surface area contributed by atoms with Crippen LogP contribution in [0, 0.1) is 10.1 Å². The Kier molecular flexibility index (Phi) is 3.63. The second kappa shape index (κ2) is 5.58. The lowest BCUT2D eigenvalue weighted by atomic mass is 10.1. The average Bonchev–Trinajstić information content (AvgIpc) is 3.07. The predicted octanol–water partition coefficient (Wildman–Crippen LogP) is 2.26. The Hall–Kier alpha value is -2.32. The van der Waals surface area contributed by atoms with E-state index in [2.05, 4.69) is 10.2 Å². The Balaban J connectivity index is 2.03. The lowest BCUT2D eigenvalue weighted by molar-refractivity contribution is -0.384. The van der Waals surface area contributed by atoms with E-state index in [4.69, 9.17) is 5.73 Å². The highest BCUT2D eigenvalue weighted by Gasteiger charge is 2.14. The summed E-state index contributed by atoms with van der Waals surface area (Å²) in [4.78, 5) is 11.1. The Morgan fingerprint density at radius 2 is 2.05 bits per heavy atom. The molecule has 3 aromatic rings. The smallest absolute Gasteiger partial charge is 0.269 e. The van der Waals surface area contributed by atoms with E-state index in [1.54, 1.807) is 12.1 Å². The fourth-order valence-corrected chi connectivity index (χ4v) is 3.01. The number of nitro groups is 1. The van der Waals surface area contributed by atoms with Gasteiger partial charge in [0.25, 0.3) is 5.69 Å². The van der Waals surface area contributed by atoms with Gasteiger partial charge in [-0.25, -0.2) is 0 Å². The van der Waals surface area contributed by atoms with Gasteiger partial charge in [-0.1, -0.05) is 0 Å². The van der Waals surface area contributed by atoms with Gasteiger partial charge in [-0.15, -0.1) is 21.5 Å². The van der Waals surface area contributed by atoms with Crippen LogP contribution < -0.4 is 5.73 Å². The Bertz CT molecular complexity index is 778. The van der Waals surface area contributed by atoms with Crippen LogP contribution in [-0.2, 0) is 6.42 Å². The van der Waals surface area contributed by atoms with Crippen LogP contribution >= 0.6 is 11.3 Å². The quantitative estimate of drug-likeness (QED) is 0.575. The molecule has 0 atom stereocenters. The molecule has 2 aromatic heterocycles. The lowest BCUT2D eigenvalue weighted by Crippen LogP contribution is -2.03. The van der Waals surface area contributed by atoms with Gasteiger partial charge >= 0.3 is 0 Å². The number of rotatable bonds is 5. The molecule has 8 heteroatoms. The summed E-state index contributed by atoms with van der Waals surface area (Å²) in [6, 6.07) is 6.49. The fourth-order valence-electron chi connectivity index (χ4n) is 2.15. The summed E-state index contributed by atoms with van der Waals surface area (Å²) < 4.78 is 1.99. The van der Waals surface area contributed by atoms with E-state index in [1.807, 2.05) is 9.78 Å². The van der Waals surface area contributed by atoms with E-state index < -0.39 is 4.92 Å².